The Hall–Kier alpha value is -2.83. The van der Waals surface area contributed by atoms with Crippen molar-refractivity contribution in [3.05, 3.63) is 63.3 Å². The van der Waals surface area contributed by atoms with Crippen molar-refractivity contribution in [1.29, 1.82) is 0 Å². The monoisotopic (exact) mass is 450 g/mol. The molecule has 3 aliphatic rings. The number of nitrogens with zero attached hydrogens (tertiary/aromatic N) is 3. The highest BCUT2D eigenvalue weighted by molar-refractivity contribution is 5.90. The molecule has 1 atom stereocenters. The number of rotatable bonds is 4. The molecule has 3 aromatic rings. The number of fused-ring (bicyclic) bond motifs is 4. The maximum Gasteiger partial charge on any atom is 0.273 e. The first-order chi connectivity index (χ1) is 15.8. The molecule has 1 N–H and O–H groups in total. The van der Waals surface area contributed by atoms with Crippen LogP contribution in [0.4, 0.5) is 14.6 Å². The Morgan fingerprint density at radius 1 is 1.18 bits per heavy atom. The van der Waals surface area contributed by atoms with E-state index in [1.54, 1.807) is 6.07 Å². The Morgan fingerprint density at radius 2 is 1.97 bits per heavy atom. The highest BCUT2D eigenvalue weighted by Gasteiger charge is 2.47. The molecule has 5 nitrogen and oxygen atoms in total. The van der Waals surface area contributed by atoms with Crippen LogP contribution in [-0.2, 0) is 17.9 Å². The Kier molecular flexibility index (Phi) is 4.45. The lowest BCUT2D eigenvalue weighted by molar-refractivity contribution is -0.00184. The molecule has 0 radical (unpaired) electrons. The second kappa shape index (κ2) is 7.08. The average Bonchev–Trinajstić information content (AvgIpc) is 3.50. The van der Waals surface area contributed by atoms with Gasteiger partial charge in [-0.3, -0.25) is 4.79 Å². The van der Waals surface area contributed by atoms with Crippen LogP contribution >= 0.6 is 0 Å². The van der Waals surface area contributed by atoms with Gasteiger partial charge in [0, 0.05) is 29.3 Å². The largest absolute Gasteiger partial charge is 0.363 e. The van der Waals surface area contributed by atoms with E-state index in [-0.39, 0.29) is 29.1 Å². The van der Waals surface area contributed by atoms with Crippen LogP contribution in [-0.4, -0.2) is 14.5 Å². The molecular weight excluding hydrogens is 422 g/mol. The van der Waals surface area contributed by atoms with Crippen molar-refractivity contribution in [3.63, 3.8) is 0 Å². The SMILES string of the molecule is Cc1c(=O)n(C23CCC(CC2)C3)cc2c(N[C@@H](C)c3cccc4c3CCC4(F)F)ncnc12. The standard InChI is InChI=1S/C26H28F2N4O/c1-15-22-20(13-32(24(15)33)25-9-6-17(12-25)7-10-25)23(30-14-29-22)31-16(2)18-4-3-5-21-19(18)8-11-26(21,27)28/h3-5,13-14,16-17H,6-12H2,1-2H3,(H,29,30,31)/t16-,17?,25?/m0/s1. The van der Waals surface area contributed by atoms with E-state index < -0.39 is 5.92 Å². The van der Waals surface area contributed by atoms with Gasteiger partial charge in [-0.15, -0.1) is 0 Å². The summed E-state index contributed by atoms with van der Waals surface area (Å²) in [5.74, 6) is -1.41. The van der Waals surface area contributed by atoms with Crippen molar-refractivity contribution in [2.75, 3.05) is 5.32 Å². The molecule has 7 heteroatoms. The second-order valence-electron chi connectivity index (χ2n) is 10.2. The van der Waals surface area contributed by atoms with Gasteiger partial charge in [0.2, 0.25) is 0 Å². The molecule has 33 heavy (non-hydrogen) atoms. The number of anilines is 1. The summed E-state index contributed by atoms with van der Waals surface area (Å²) in [4.78, 5) is 22.2. The fourth-order valence-corrected chi connectivity index (χ4v) is 6.59. The molecule has 2 heterocycles. The summed E-state index contributed by atoms with van der Waals surface area (Å²) >= 11 is 0. The van der Waals surface area contributed by atoms with Crippen LogP contribution < -0.4 is 10.9 Å². The van der Waals surface area contributed by atoms with Gasteiger partial charge in [0.15, 0.2) is 0 Å². The van der Waals surface area contributed by atoms with E-state index in [4.69, 9.17) is 0 Å². The zero-order valence-electron chi connectivity index (χ0n) is 19.0. The third-order valence-corrected chi connectivity index (χ3v) is 8.37. The Bertz CT molecular complexity index is 1320. The van der Waals surface area contributed by atoms with Crippen molar-refractivity contribution < 1.29 is 8.78 Å². The smallest absolute Gasteiger partial charge is 0.273 e. The number of benzene rings is 1. The second-order valence-corrected chi connectivity index (χ2v) is 10.2. The number of hydrogen-bond donors (Lipinski definition) is 1. The van der Waals surface area contributed by atoms with Crippen LogP contribution in [0.1, 0.15) is 73.7 Å². The van der Waals surface area contributed by atoms with E-state index in [2.05, 4.69) is 15.3 Å². The number of nitrogens with one attached hydrogen (secondary N) is 1. The zero-order chi connectivity index (χ0) is 23.0. The summed E-state index contributed by atoms with van der Waals surface area (Å²) in [7, 11) is 0. The topological polar surface area (TPSA) is 59.8 Å². The lowest BCUT2D eigenvalue weighted by atomic mass is 9.93. The molecular formula is C26H28F2N4O. The lowest BCUT2D eigenvalue weighted by Gasteiger charge is -2.30. The van der Waals surface area contributed by atoms with Gasteiger partial charge in [-0.25, -0.2) is 18.7 Å². The van der Waals surface area contributed by atoms with Crippen molar-refractivity contribution in [2.45, 2.75) is 76.3 Å². The Labute approximate surface area is 191 Å². The van der Waals surface area contributed by atoms with E-state index in [9.17, 15) is 13.6 Å². The summed E-state index contributed by atoms with van der Waals surface area (Å²) in [6, 6.07) is 4.95. The summed E-state index contributed by atoms with van der Waals surface area (Å²) in [6.45, 7) is 3.81. The van der Waals surface area contributed by atoms with Crippen molar-refractivity contribution in [2.24, 2.45) is 5.92 Å². The van der Waals surface area contributed by atoms with E-state index in [0.29, 0.717) is 23.3 Å². The fourth-order valence-electron chi connectivity index (χ4n) is 6.59. The Balaban J connectivity index is 1.43. The van der Waals surface area contributed by atoms with Crippen LogP contribution in [0.15, 0.2) is 35.5 Å². The first-order valence-electron chi connectivity index (χ1n) is 11.9. The molecule has 0 aliphatic heterocycles. The van der Waals surface area contributed by atoms with E-state index in [1.807, 2.05) is 30.7 Å². The lowest BCUT2D eigenvalue weighted by Crippen LogP contribution is -2.38. The molecule has 0 amide bonds. The number of pyridine rings is 1. The summed E-state index contributed by atoms with van der Waals surface area (Å²) in [5, 5.41) is 4.26. The number of alkyl halides is 2. The summed E-state index contributed by atoms with van der Waals surface area (Å²) in [5.41, 5.74) is 2.97. The van der Waals surface area contributed by atoms with Gasteiger partial charge >= 0.3 is 0 Å². The molecule has 0 saturated heterocycles. The molecule has 2 bridgehead atoms. The molecule has 2 saturated carbocycles. The van der Waals surface area contributed by atoms with E-state index in [1.165, 1.54) is 25.2 Å². The third-order valence-electron chi connectivity index (χ3n) is 8.37. The maximum atomic E-state index is 14.3. The summed E-state index contributed by atoms with van der Waals surface area (Å²) < 4.78 is 30.5. The van der Waals surface area contributed by atoms with Crippen LogP contribution in [0.5, 0.6) is 0 Å². The highest BCUT2D eigenvalue weighted by atomic mass is 19.3. The molecule has 172 valence electrons. The average molecular weight is 451 g/mol. The van der Waals surface area contributed by atoms with Crippen LogP contribution in [0.2, 0.25) is 0 Å². The van der Waals surface area contributed by atoms with Gasteiger partial charge < -0.3 is 9.88 Å². The van der Waals surface area contributed by atoms with Crippen molar-refractivity contribution in [1.82, 2.24) is 14.5 Å². The molecule has 0 unspecified atom stereocenters. The molecule has 0 spiro atoms. The predicted molar refractivity (Wildman–Crippen MR) is 124 cm³/mol. The maximum absolute atomic E-state index is 14.3. The van der Waals surface area contributed by atoms with Crippen LogP contribution in [0.25, 0.3) is 10.9 Å². The first kappa shape index (κ1) is 20.8. The Morgan fingerprint density at radius 3 is 2.70 bits per heavy atom. The van der Waals surface area contributed by atoms with Crippen molar-refractivity contribution in [3.8, 4) is 0 Å². The fraction of sp³-hybridized carbons (Fsp3) is 0.500. The minimum atomic E-state index is -2.76. The van der Waals surface area contributed by atoms with Crippen molar-refractivity contribution >= 4 is 16.7 Å². The molecule has 1 aromatic carbocycles. The van der Waals surface area contributed by atoms with Gasteiger partial charge in [0.25, 0.3) is 11.5 Å². The minimum absolute atomic E-state index is 0.0332. The van der Waals surface area contributed by atoms with Gasteiger partial charge in [-0.1, -0.05) is 18.2 Å². The van der Waals surface area contributed by atoms with Gasteiger partial charge in [-0.2, -0.15) is 0 Å². The molecule has 3 aliphatic carbocycles. The predicted octanol–water partition coefficient (Wildman–Crippen LogP) is 5.60. The molecule has 2 fully saturated rings. The molecule has 2 aromatic heterocycles. The van der Waals surface area contributed by atoms with Gasteiger partial charge in [0.05, 0.1) is 16.9 Å². The minimum Gasteiger partial charge on any atom is -0.363 e. The number of aryl methyl sites for hydroxylation is 1. The van der Waals surface area contributed by atoms with E-state index in [0.717, 1.165) is 41.7 Å². The van der Waals surface area contributed by atoms with Crippen LogP contribution in [0.3, 0.4) is 0 Å². The number of aromatic nitrogens is 3. The molecule has 6 rings (SSSR count). The van der Waals surface area contributed by atoms with Crippen LogP contribution in [0, 0.1) is 12.8 Å². The number of halogens is 2. The van der Waals surface area contributed by atoms with Gasteiger partial charge in [0.1, 0.15) is 12.1 Å². The quantitative estimate of drug-likeness (QED) is 0.562. The summed E-state index contributed by atoms with van der Waals surface area (Å²) in [6.07, 6.45) is 9.15. The van der Waals surface area contributed by atoms with E-state index >= 15 is 0 Å². The zero-order valence-corrected chi connectivity index (χ0v) is 19.0. The number of hydrogen-bond acceptors (Lipinski definition) is 4. The highest BCUT2D eigenvalue weighted by Crippen LogP contribution is 2.52. The van der Waals surface area contributed by atoms with Gasteiger partial charge in [-0.05, 0) is 69.4 Å². The first-order valence-corrected chi connectivity index (χ1v) is 11.9. The third kappa shape index (κ3) is 3.04. The normalized spacial score (nSPS) is 26.0.